The van der Waals surface area contributed by atoms with Gasteiger partial charge < -0.3 is 15.7 Å². The van der Waals surface area contributed by atoms with E-state index in [1.165, 1.54) is 0 Å². The second kappa shape index (κ2) is 4.63. The number of hydrogen-bond acceptors (Lipinski definition) is 3. The Bertz CT molecular complexity index is 135. The summed E-state index contributed by atoms with van der Waals surface area (Å²) in [7, 11) is 0. The highest BCUT2D eigenvalue weighted by molar-refractivity contribution is 5.85. The first-order valence-corrected chi connectivity index (χ1v) is 3.90. The highest BCUT2D eigenvalue weighted by atomic mass is 35.5. The van der Waals surface area contributed by atoms with Crippen LogP contribution in [0.2, 0.25) is 0 Å². The summed E-state index contributed by atoms with van der Waals surface area (Å²) < 4.78 is 0. The molecule has 0 radical (unpaired) electrons. The number of hydrogen-bond donors (Lipinski definition) is 3. The van der Waals surface area contributed by atoms with Crippen molar-refractivity contribution in [2.24, 2.45) is 11.3 Å². The van der Waals surface area contributed by atoms with E-state index >= 15 is 0 Å². The van der Waals surface area contributed by atoms with Gasteiger partial charge in [0.25, 0.3) is 0 Å². The lowest BCUT2D eigenvalue weighted by molar-refractivity contribution is 0.134. The maximum Gasteiger partial charge on any atom is 0.0515 e. The summed E-state index contributed by atoms with van der Waals surface area (Å²) in [5.41, 5.74) is 0.181. The van der Waals surface area contributed by atoms with Crippen molar-refractivity contribution in [1.82, 2.24) is 10.6 Å². The van der Waals surface area contributed by atoms with Gasteiger partial charge in [0, 0.05) is 18.5 Å². The van der Waals surface area contributed by atoms with Gasteiger partial charge in [-0.05, 0) is 19.0 Å². The fraction of sp³-hybridized carbons (Fsp3) is 1.00. The van der Waals surface area contributed by atoms with Crippen molar-refractivity contribution in [1.29, 1.82) is 0 Å². The molecule has 0 atom stereocenters. The largest absolute Gasteiger partial charge is 0.396 e. The number of halogens is 2. The van der Waals surface area contributed by atoms with Crippen LogP contribution in [0.25, 0.3) is 0 Å². The van der Waals surface area contributed by atoms with Crippen LogP contribution in [0.5, 0.6) is 0 Å². The lowest BCUT2D eigenvalue weighted by atomic mass is 9.82. The number of rotatable bonds is 1. The Morgan fingerprint density at radius 1 is 1.17 bits per heavy atom. The molecule has 0 amide bonds. The average molecular weight is 215 g/mol. The van der Waals surface area contributed by atoms with E-state index in [9.17, 15) is 0 Å². The molecule has 0 unspecified atom stereocenters. The molecule has 2 aliphatic heterocycles. The molecular weight excluding hydrogens is 199 g/mol. The summed E-state index contributed by atoms with van der Waals surface area (Å²) in [6, 6.07) is 0. The average Bonchev–Trinajstić information content (AvgIpc) is 2.42. The maximum absolute atomic E-state index is 9.15. The molecule has 0 aromatic heterocycles. The molecule has 5 heteroatoms. The van der Waals surface area contributed by atoms with E-state index in [4.69, 9.17) is 5.11 Å². The highest BCUT2D eigenvalue weighted by Gasteiger charge is 2.45. The Morgan fingerprint density at radius 3 is 2.00 bits per heavy atom. The van der Waals surface area contributed by atoms with Crippen LogP contribution in [0.4, 0.5) is 0 Å². The molecule has 0 aliphatic carbocycles. The summed E-state index contributed by atoms with van der Waals surface area (Å²) >= 11 is 0. The van der Waals surface area contributed by atoms with Gasteiger partial charge in [0.05, 0.1) is 6.61 Å². The van der Waals surface area contributed by atoms with Gasteiger partial charge in [-0.3, -0.25) is 0 Å². The van der Waals surface area contributed by atoms with Gasteiger partial charge in [0.1, 0.15) is 0 Å². The lowest BCUT2D eigenvalue weighted by Crippen LogP contribution is -2.34. The van der Waals surface area contributed by atoms with Crippen molar-refractivity contribution in [2.45, 2.75) is 0 Å². The first-order valence-electron chi connectivity index (χ1n) is 3.90. The zero-order chi connectivity index (χ0) is 7.03. The van der Waals surface area contributed by atoms with Gasteiger partial charge >= 0.3 is 0 Å². The Morgan fingerprint density at radius 2 is 1.67 bits per heavy atom. The van der Waals surface area contributed by atoms with Crippen LogP contribution in [0.1, 0.15) is 0 Å². The molecular formula is C7H16Cl2N2O. The molecule has 3 nitrogen and oxygen atoms in total. The minimum absolute atomic E-state index is 0. The normalized spacial score (nSPS) is 38.2. The predicted molar refractivity (Wildman–Crippen MR) is 53.2 cm³/mol. The van der Waals surface area contributed by atoms with Crippen LogP contribution in [-0.2, 0) is 0 Å². The van der Waals surface area contributed by atoms with Gasteiger partial charge in [-0.2, -0.15) is 0 Å². The third-order valence-electron chi connectivity index (χ3n) is 2.92. The van der Waals surface area contributed by atoms with E-state index in [-0.39, 0.29) is 30.2 Å². The number of aliphatic hydroxyl groups is 1. The van der Waals surface area contributed by atoms with Crippen LogP contribution in [0.15, 0.2) is 0 Å². The molecule has 2 rings (SSSR count). The first kappa shape index (κ1) is 12.5. The summed E-state index contributed by atoms with van der Waals surface area (Å²) in [6.45, 7) is 4.46. The first-order chi connectivity index (χ1) is 4.87. The van der Waals surface area contributed by atoms with Crippen molar-refractivity contribution in [3.63, 3.8) is 0 Å². The minimum Gasteiger partial charge on any atom is -0.396 e. The molecule has 2 fully saturated rings. The Labute approximate surface area is 85.1 Å². The number of nitrogens with one attached hydrogen (secondary N) is 2. The van der Waals surface area contributed by atoms with Gasteiger partial charge in [0.2, 0.25) is 0 Å². The fourth-order valence-electron chi connectivity index (χ4n) is 2.09. The Balaban J connectivity index is 0.000000605. The Kier molecular flexibility index (Phi) is 4.81. The lowest BCUT2D eigenvalue weighted by Gasteiger charge is -2.23. The smallest absolute Gasteiger partial charge is 0.0515 e. The van der Waals surface area contributed by atoms with Crippen molar-refractivity contribution < 1.29 is 5.11 Å². The van der Waals surface area contributed by atoms with E-state index in [1.54, 1.807) is 0 Å². The standard InChI is InChI=1S/C7H14N2O.2ClH/c10-5-7-3-8-1-6(7)2-9-4-7;;/h6,8-10H,1-5H2;2*1H. The molecule has 2 saturated heterocycles. The van der Waals surface area contributed by atoms with Crippen LogP contribution < -0.4 is 10.6 Å². The zero-order valence-corrected chi connectivity index (χ0v) is 8.51. The maximum atomic E-state index is 9.15. The second-order valence-corrected chi connectivity index (χ2v) is 3.48. The van der Waals surface area contributed by atoms with E-state index in [0.29, 0.717) is 12.5 Å². The monoisotopic (exact) mass is 214 g/mol. The fourth-order valence-corrected chi connectivity index (χ4v) is 2.09. The van der Waals surface area contributed by atoms with Crippen molar-refractivity contribution in [3.05, 3.63) is 0 Å². The molecule has 2 aliphatic rings. The zero-order valence-electron chi connectivity index (χ0n) is 6.88. The second-order valence-electron chi connectivity index (χ2n) is 3.48. The quantitative estimate of drug-likeness (QED) is 0.559. The number of aliphatic hydroxyl groups excluding tert-OH is 1. The van der Waals surface area contributed by atoms with E-state index < -0.39 is 0 Å². The van der Waals surface area contributed by atoms with E-state index in [0.717, 1.165) is 26.2 Å². The van der Waals surface area contributed by atoms with E-state index in [2.05, 4.69) is 10.6 Å². The van der Waals surface area contributed by atoms with Crippen molar-refractivity contribution in [3.8, 4) is 0 Å². The molecule has 0 bridgehead atoms. The van der Waals surface area contributed by atoms with Crippen LogP contribution in [-0.4, -0.2) is 37.9 Å². The molecule has 0 spiro atoms. The van der Waals surface area contributed by atoms with Crippen LogP contribution in [0.3, 0.4) is 0 Å². The van der Waals surface area contributed by atoms with Crippen molar-refractivity contribution >= 4 is 24.8 Å². The van der Waals surface area contributed by atoms with Gasteiger partial charge in [-0.1, -0.05) is 0 Å². The molecule has 0 aromatic carbocycles. The summed E-state index contributed by atoms with van der Waals surface area (Å²) in [5, 5.41) is 15.8. The molecule has 0 aromatic rings. The highest BCUT2D eigenvalue weighted by Crippen LogP contribution is 2.33. The van der Waals surface area contributed by atoms with Gasteiger partial charge in [-0.15, -0.1) is 24.8 Å². The molecule has 3 N–H and O–H groups in total. The number of fused-ring (bicyclic) bond motifs is 1. The summed E-state index contributed by atoms with van der Waals surface area (Å²) in [5.74, 6) is 0.664. The van der Waals surface area contributed by atoms with E-state index in [1.807, 2.05) is 0 Å². The molecule has 0 saturated carbocycles. The van der Waals surface area contributed by atoms with Gasteiger partial charge in [0.15, 0.2) is 0 Å². The third-order valence-corrected chi connectivity index (χ3v) is 2.92. The summed E-state index contributed by atoms with van der Waals surface area (Å²) in [4.78, 5) is 0. The topological polar surface area (TPSA) is 44.3 Å². The van der Waals surface area contributed by atoms with Crippen LogP contribution in [0, 0.1) is 11.3 Å². The van der Waals surface area contributed by atoms with Crippen molar-refractivity contribution in [2.75, 3.05) is 32.8 Å². The summed E-state index contributed by atoms with van der Waals surface area (Å²) in [6.07, 6.45) is 0. The minimum atomic E-state index is 0. The molecule has 74 valence electrons. The molecule has 12 heavy (non-hydrogen) atoms. The predicted octanol–water partition coefficient (Wildman–Crippen LogP) is -0.369. The van der Waals surface area contributed by atoms with Crippen LogP contribution >= 0.6 is 24.8 Å². The Hall–Kier alpha value is 0.460. The van der Waals surface area contributed by atoms with Gasteiger partial charge in [-0.25, -0.2) is 0 Å². The molecule has 2 heterocycles. The SMILES string of the molecule is Cl.Cl.OCC12CNCC1CNC2. The third kappa shape index (κ3) is 1.70.